The Morgan fingerprint density at radius 2 is 1.89 bits per heavy atom. The molecular weight excluding hydrogens is 490 g/mol. The zero-order chi connectivity index (χ0) is 27.4. The number of nitrogens with two attached hydrogens (primary N) is 2. The molecule has 194 valence electrons. The molecule has 11 nitrogen and oxygen atoms in total. The third kappa shape index (κ3) is 5.29. The average molecular weight is 516 g/mol. The van der Waals surface area contributed by atoms with Gasteiger partial charge in [-0.15, -0.1) is 0 Å². The van der Waals surface area contributed by atoms with Crippen LogP contribution >= 0.6 is 0 Å². The molecule has 2 aromatic carbocycles. The normalized spacial score (nSPS) is 10.5. The molecule has 0 aliphatic carbocycles. The van der Waals surface area contributed by atoms with Gasteiger partial charge < -0.3 is 35.4 Å². The number of carboxylic acid groups (broad SMARTS) is 1. The fourth-order valence-electron chi connectivity index (χ4n) is 4.02. The molecule has 4 aromatic rings. The van der Waals surface area contributed by atoms with Crippen LogP contribution in [0.4, 0.5) is 16.6 Å². The summed E-state index contributed by atoms with van der Waals surface area (Å²) in [6.45, 7) is 2.35. The Labute approximate surface area is 217 Å². The molecule has 2 heterocycles. The zero-order valence-electron chi connectivity index (χ0n) is 20.9. The van der Waals surface area contributed by atoms with Gasteiger partial charge in [0.15, 0.2) is 17.2 Å². The maximum absolute atomic E-state index is 12.7. The van der Waals surface area contributed by atoms with Gasteiger partial charge in [0.1, 0.15) is 5.82 Å². The van der Waals surface area contributed by atoms with E-state index in [1.54, 1.807) is 29.0 Å². The molecule has 0 fully saturated rings. The van der Waals surface area contributed by atoms with Crippen molar-refractivity contribution in [3.63, 3.8) is 0 Å². The largest absolute Gasteiger partial charge is 0.511 e. The van der Waals surface area contributed by atoms with Crippen LogP contribution in [0, 0.1) is 11.8 Å². The highest BCUT2D eigenvalue weighted by atomic mass is 16.7. The molecule has 0 saturated heterocycles. The average Bonchev–Trinajstić information content (AvgIpc) is 2.90. The molecule has 0 unspecified atom stereocenters. The lowest BCUT2D eigenvalue weighted by Crippen LogP contribution is -2.16. The zero-order valence-corrected chi connectivity index (χ0v) is 20.9. The number of anilines is 2. The lowest BCUT2D eigenvalue weighted by atomic mass is 10.0. The van der Waals surface area contributed by atoms with E-state index in [1.807, 2.05) is 19.1 Å². The molecule has 0 atom stereocenters. The van der Waals surface area contributed by atoms with E-state index in [0.717, 1.165) is 5.56 Å². The van der Waals surface area contributed by atoms with E-state index >= 15 is 0 Å². The molecule has 0 aliphatic rings. The molecule has 0 radical (unpaired) electrons. The van der Waals surface area contributed by atoms with Crippen molar-refractivity contribution in [2.24, 2.45) is 0 Å². The van der Waals surface area contributed by atoms with Gasteiger partial charge in [-0.1, -0.05) is 11.8 Å². The molecule has 0 amide bonds. The maximum Gasteiger partial charge on any atom is 0.511 e. The fraction of sp³-hybridized carbons (Fsp3) is 0.185. The lowest BCUT2D eigenvalue weighted by molar-refractivity contribution is 0.144. The van der Waals surface area contributed by atoms with E-state index in [2.05, 4.69) is 26.5 Å². The van der Waals surface area contributed by atoms with Crippen LogP contribution in [0.15, 0.2) is 47.5 Å². The molecule has 4 rings (SSSR count). The Kier molecular flexibility index (Phi) is 7.34. The summed E-state index contributed by atoms with van der Waals surface area (Å²) in [5.41, 5.74) is 14.4. The van der Waals surface area contributed by atoms with Crippen molar-refractivity contribution >= 4 is 28.8 Å². The summed E-state index contributed by atoms with van der Waals surface area (Å²) < 4.78 is 17.5. The van der Waals surface area contributed by atoms with Gasteiger partial charge in [0.25, 0.3) is 0 Å². The van der Waals surface area contributed by atoms with Crippen LogP contribution in [-0.2, 0) is 13.0 Å². The minimum absolute atomic E-state index is 0.0969. The number of hydrogen-bond acceptors (Lipinski definition) is 9. The maximum atomic E-state index is 12.7. The van der Waals surface area contributed by atoms with Crippen molar-refractivity contribution < 1.29 is 24.1 Å². The predicted octanol–water partition coefficient (Wildman–Crippen LogP) is 3.04. The smallest absolute Gasteiger partial charge is 0.493 e. The van der Waals surface area contributed by atoms with Gasteiger partial charge in [-0.25, -0.2) is 9.78 Å². The van der Waals surface area contributed by atoms with E-state index in [4.69, 9.17) is 26.0 Å². The van der Waals surface area contributed by atoms with Crippen LogP contribution in [-0.4, -0.2) is 40.0 Å². The molecule has 0 aliphatic heterocycles. The Hall–Kier alpha value is -5.24. The minimum Gasteiger partial charge on any atom is -0.493 e. The Morgan fingerprint density at radius 3 is 2.55 bits per heavy atom. The number of nitrogens with zero attached hydrogens (tertiary/aromatic N) is 3. The second kappa shape index (κ2) is 10.8. The number of aryl methyl sites for hydroxylation is 1. The van der Waals surface area contributed by atoms with Crippen LogP contribution in [0.1, 0.15) is 29.2 Å². The van der Waals surface area contributed by atoms with Crippen LogP contribution in [0.25, 0.3) is 10.9 Å². The first-order chi connectivity index (χ1) is 18.2. The summed E-state index contributed by atoms with van der Waals surface area (Å²) in [5.74, 6) is 7.33. The van der Waals surface area contributed by atoms with Gasteiger partial charge in [-0.05, 0) is 42.8 Å². The van der Waals surface area contributed by atoms with Gasteiger partial charge in [0, 0.05) is 35.7 Å². The van der Waals surface area contributed by atoms with Crippen molar-refractivity contribution in [2.45, 2.75) is 19.9 Å². The second-order valence-corrected chi connectivity index (χ2v) is 8.15. The summed E-state index contributed by atoms with van der Waals surface area (Å²) in [6, 6.07) is 8.73. The van der Waals surface area contributed by atoms with Gasteiger partial charge in [-0.2, -0.15) is 4.98 Å². The minimum atomic E-state index is -1.55. The number of nitrogen functional groups attached to an aromatic ring is 2. The third-order valence-electron chi connectivity index (χ3n) is 5.78. The number of rotatable bonds is 6. The molecule has 5 N–H and O–H groups in total. The Balaban J connectivity index is 1.77. The summed E-state index contributed by atoms with van der Waals surface area (Å²) in [6.07, 6.45) is 1.82. The predicted molar refractivity (Wildman–Crippen MR) is 142 cm³/mol. The highest BCUT2D eigenvalue weighted by Gasteiger charge is 2.15. The number of carbonyl (C=O) groups is 1. The molecule has 11 heteroatoms. The van der Waals surface area contributed by atoms with Crippen molar-refractivity contribution in [3.8, 4) is 29.1 Å². The highest BCUT2D eigenvalue weighted by Crippen LogP contribution is 2.33. The first-order valence-corrected chi connectivity index (χ1v) is 11.5. The fourth-order valence-corrected chi connectivity index (χ4v) is 4.02. The highest BCUT2D eigenvalue weighted by molar-refractivity contribution is 5.82. The van der Waals surface area contributed by atoms with Gasteiger partial charge >= 0.3 is 6.16 Å². The molecule has 0 saturated carbocycles. The quantitative estimate of drug-likeness (QED) is 0.257. The van der Waals surface area contributed by atoms with E-state index in [-0.39, 0.29) is 17.5 Å². The summed E-state index contributed by atoms with van der Waals surface area (Å²) in [4.78, 5) is 31.7. The second-order valence-electron chi connectivity index (χ2n) is 8.15. The van der Waals surface area contributed by atoms with E-state index in [0.29, 0.717) is 52.1 Å². The van der Waals surface area contributed by atoms with Gasteiger partial charge in [0.05, 0.1) is 31.5 Å². The van der Waals surface area contributed by atoms with Crippen LogP contribution in [0.2, 0.25) is 0 Å². The number of pyridine rings is 1. The van der Waals surface area contributed by atoms with E-state index < -0.39 is 11.6 Å². The van der Waals surface area contributed by atoms with Crippen LogP contribution in [0.3, 0.4) is 0 Å². The third-order valence-corrected chi connectivity index (χ3v) is 5.78. The summed E-state index contributed by atoms with van der Waals surface area (Å²) >= 11 is 0. The summed E-state index contributed by atoms with van der Waals surface area (Å²) in [7, 11) is 3.07. The molecule has 0 bridgehead atoms. The van der Waals surface area contributed by atoms with E-state index in [9.17, 15) is 9.59 Å². The number of aromatic nitrogens is 3. The van der Waals surface area contributed by atoms with Crippen molar-refractivity contribution in [1.29, 1.82) is 0 Å². The molecule has 38 heavy (non-hydrogen) atoms. The van der Waals surface area contributed by atoms with E-state index in [1.165, 1.54) is 20.4 Å². The van der Waals surface area contributed by atoms with Crippen LogP contribution in [0.5, 0.6) is 17.2 Å². The molecule has 0 spiro atoms. The number of hydrogen-bond donors (Lipinski definition) is 3. The Morgan fingerprint density at radius 1 is 1.11 bits per heavy atom. The standard InChI is InChI=1S/C27H25N5O6/c1-4-32-14-22(38-27(34)35)23(33)19-8-6-15(11-20(19)32)5-7-17-9-16(12-21(36-2)24(17)37-3)10-18-13-30-26(29)31-25(18)28/h6,8-9,11-14H,4,10H2,1-3H3,(H,34,35)(H4,28,29,30,31). The van der Waals surface area contributed by atoms with Crippen molar-refractivity contribution in [2.75, 3.05) is 25.7 Å². The number of benzene rings is 2. The van der Waals surface area contributed by atoms with Crippen molar-refractivity contribution in [3.05, 3.63) is 75.2 Å². The first kappa shape index (κ1) is 25.8. The number of fused-ring (bicyclic) bond motifs is 1. The number of ether oxygens (including phenoxy) is 3. The number of methoxy groups -OCH3 is 2. The topological polar surface area (TPSA) is 165 Å². The lowest BCUT2D eigenvalue weighted by Gasteiger charge is -2.13. The Bertz CT molecular complexity index is 1670. The monoisotopic (exact) mass is 515 g/mol. The van der Waals surface area contributed by atoms with Gasteiger partial charge in [0.2, 0.25) is 11.4 Å². The molecular formula is C27H25N5O6. The SMILES string of the molecule is CCn1cc(OC(=O)O)c(=O)c2ccc(C#Cc3cc(Cc4cnc(N)nc4N)cc(OC)c3OC)cc21. The van der Waals surface area contributed by atoms with Crippen LogP contribution < -0.4 is 31.1 Å². The summed E-state index contributed by atoms with van der Waals surface area (Å²) in [5, 5.41) is 9.25. The molecule has 2 aromatic heterocycles. The first-order valence-electron chi connectivity index (χ1n) is 11.5. The van der Waals surface area contributed by atoms with Crippen molar-refractivity contribution in [1.82, 2.24) is 14.5 Å². The van der Waals surface area contributed by atoms with Gasteiger partial charge in [-0.3, -0.25) is 4.79 Å².